The quantitative estimate of drug-likeness (QED) is 0.144. The third-order valence-electron chi connectivity index (χ3n) is 14.8. The Labute approximate surface area is 386 Å². The molecule has 1 aliphatic carbocycles. The number of rotatable bonds is 10. The minimum Gasteiger partial charge on any atom is -0.383 e. The minimum absolute atomic E-state index is 0.0893. The highest BCUT2D eigenvalue weighted by Crippen LogP contribution is 2.55. The summed E-state index contributed by atoms with van der Waals surface area (Å²) in [7, 11) is 1.65. The van der Waals surface area contributed by atoms with Crippen molar-refractivity contribution < 1.29 is 28.3 Å². The molecule has 16 nitrogen and oxygen atoms in total. The first-order chi connectivity index (χ1) is 32.2. The first-order valence-corrected chi connectivity index (χ1v) is 23.2. The van der Waals surface area contributed by atoms with Crippen molar-refractivity contribution in [3.8, 4) is 17.2 Å². The molecule has 2 amide bonds. The number of hydroxylamine groups is 1. The van der Waals surface area contributed by atoms with E-state index < -0.39 is 23.8 Å². The summed E-state index contributed by atoms with van der Waals surface area (Å²) in [5.41, 5.74) is 8.73. The number of fused-ring (bicyclic) bond motifs is 3. The number of hydrogen-bond donors (Lipinski definition) is 2. The number of amides is 2. The summed E-state index contributed by atoms with van der Waals surface area (Å²) in [6.45, 7) is 13.9. The molecule has 0 bridgehead atoms. The Morgan fingerprint density at radius 2 is 1.72 bits per heavy atom. The van der Waals surface area contributed by atoms with Gasteiger partial charge < -0.3 is 23.8 Å². The Morgan fingerprint density at radius 1 is 0.955 bits per heavy atom. The van der Waals surface area contributed by atoms with E-state index in [4.69, 9.17) is 19.4 Å². The van der Waals surface area contributed by atoms with E-state index in [0.717, 1.165) is 40.3 Å². The van der Waals surface area contributed by atoms with E-state index in [1.54, 1.807) is 65.5 Å². The fourth-order valence-electron chi connectivity index (χ4n) is 11.3. The predicted molar refractivity (Wildman–Crippen MR) is 248 cm³/mol. The molecule has 2 saturated heterocycles. The van der Waals surface area contributed by atoms with Gasteiger partial charge in [-0.2, -0.15) is 10.2 Å². The summed E-state index contributed by atoms with van der Waals surface area (Å²) >= 11 is 0. The van der Waals surface area contributed by atoms with Crippen molar-refractivity contribution in [2.45, 2.75) is 103 Å². The molecule has 1 saturated carbocycles. The van der Waals surface area contributed by atoms with Gasteiger partial charge in [0.2, 0.25) is 0 Å². The third-order valence-corrected chi connectivity index (χ3v) is 14.8. The first-order valence-electron chi connectivity index (χ1n) is 23.2. The van der Waals surface area contributed by atoms with Crippen molar-refractivity contribution >= 4 is 33.8 Å². The van der Waals surface area contributed by atoms with Gasteiger partial charge in [-0.3, -0.25) is 23.9 Å². The maximum atomic E-state index is 15.6. The molecule has 2 unspecified atom stereocenters. The third kappa shape index (κ3) is 6.91. The van der Waals surface area contributed by atoms with Gasteiger partial charge in [0.05, 0.1) is 59.1 Å². The molecule has 11 rings (SSSR count). The average molecular weight is 911 g/mol. The monoisotopic (exact) mass is 910 g/mol. The molecule has 3 aliphatic heterocycles. The van der Waals surface area contributed by atoms with Crippen LogP contribution in [0.4, 0.5) is 9.18 Å². The van der Waals surface area contributed by atoms with Gasteiger partial charge in [-0.1, -0.05) is 13.0 Å². The molecular formula is C50H55FN10O6. The largest absolute Gasteiger partial charge is 0.427 e. The Balaban J connectivity index is 1.03. The van der Waals surface area contributed by atoms with Crippen LogP contribution >= 0.6 is 0 Å². The van der Waals surface area contributed by atoms with Crippen LogP contribution in [0.3, 0.4) is 0 Å². The molecule has 4 aliphatic rings. The fourth-order valence-corrected chi connectivity index (χ4v) is 11.3. The number of ether oxygens (including phenoxy) is 2. The van der Waals surface area contributed by atoms with Crippen molar-refractivity contribution in [3.63, 3.8) is 0 Å². The molecule has 5 atom stereocenters. The maximum Gasteiger partial charge on any atom is 0.427 e. The molecule has 2 N–H and O–H groups in total. The maximum absolute atomic E-state index is 15.6. The topological polar surface area (TPSA) is 157 Å². The number of benzene rings is 3. The lowest BCUT2D eigenvalue weighted by molar-refractivity contribution is -0.0592. The summed E-state index contributed by atoms with van der Waals surface area (Å²) in [5.74, 6) is 0.352. The van der Waals surface area contributed by atoms with Gasteiger partial charge in [0.1, 0.15) is 23.5 Å². The number of carbonyl (C=O) groups excluding carboxylic acids is 2. The molecule has 67 heavy (non-hydrogen) atoms. The van der Waals surface area contributed by atoms with Crippen LogP contribution in [0.25, 0.3) is 39.0 Å². The second kappa shape index (κ2) is 15.8. The van der Waals surface area contributed by atoms with Crippen LogP contribution in [0, 0.1) is 25.6 Å². The van der Waals surface area contributed by atoms with E-state index in [9.17, 15) is 9.59 Å². The van der Waals surface area contributed by atoms with Crippen molar-refractivity contribution in [2.24, 2.45) is 5.92 Å². The summed E-state index contributed by atoms with van der Waals surface area (Å²) in [4.78, 5) is 50.0. The highest BCUT2D eigenvalue weighted by Gasteiger charge is 2.62. The van der Waals surface area contributed by atoms with E-state index in [-0.39, 0.29) is 28.9 Å². The molecule has 4 aromatic heterocycles. The number of aryl methyl sites for hydroxylation is 2. The molecule has 348 valence electrons. The van der Waals surface area contributed by atoms with Crippen LogP contribution in [-0.2, 0) is 32.8 Å². The van der Waals surface area contributed by atoms with Crippen LogP contribution in [-0.4, -0.2) is 88.8 Å². The highest BCUT2D eigenvalue weighted by atomic mass is 19.1. The van der Waals surface area contributed by atoms with Gasteiger partial charge in [-0.05, 0) is 131 Å². The van der Waals surface area contributed by atoms with Crippen LogP contribution in [0.15, 0.2) is 78.0 Å². The van der Waals surface area contributed by atoms with E-state index in [1.165, 1.54) is 5.56 Å². The lowest BCUT2D eigenvalue weighted by Gasteiger charge is -2.36. The number of hydrogen-bond acceptors (Lipinski definition) is 9. The zero-order valence-electron chi connectivity index (χ0n) is 38.8. The molecule has 7 heterocycles. The molecule has 3 fully saturated rings. The van der Waals surface area contributed by atoms with Gasteiger partial charge in [-0.15, -0.1) is 5.48 Å². The number of carbonyl (C=O) groups is 2. The Kier molecular flexibility index (Phi) is 10.1. The molecule has 7 aromatic rings. The van der Waals surface area contributed by atoms with Crippen molar-refractivity contribution in [1.29, 1.82) is 0 Å². The van der Waals surface area contributed by atoms with Crippen molar-refractivity contribution in [1.82, 2.24) is 49.0 Å². The Bertz CT molecular complexity index is 3190. The van der Waals surface area contributed by atoms with Crippen LogP contribution < -0.4 is 16.5 Å². The van der Waals surface area contributed by atoms with Gasteiger partial charge in [0, 0.05) is 60.9 Å². The molecule has 17 heteroatoms. The predicted octanol–water partition coefficient (Wildman–Crippen LogP) is 7.26. The molecule has 0 spiro atoms. The summed E-state index contributed by atoms with van der Waals surface area (Å²) in [6.07, 6.45) is 6.97. The smallest absolute Gasteiger partial charge is 0.383 e. The second-order valence-electron chi connectivity index (χ2n) is 19.5. The SMILES string of the molecule is COCCn1ncc2cc(-n3ccn(-c4c5c(nn4-c4cc(C)c(F)c(C)c4)CCN(C(=O)c4cc6cc(C7CCOC(C)(C)C7)ccc6n4[C@@]4(C6NOC(=O)N6)C[C@@H]4C)[C@H]5C)c3=O)ccc21. The number of nitrogens with zero attached hydrogens (tertiary/aromatic N) is 8. The number of halogens is 1. The van der Waals surface area contributed by atoms with Gasteiger partial charge >= 0.3 is 11.8 Å². The van der Waals surface area contributed by atoms with E-state index >= 15 is 9.18 Å². The second-order valence-corrected chi connectivity index (χ2v) is 19.5. The fraction of sp³-hybridized carbons (Fsp3) is 0.420. The number of aromatic nitrogens is 7. The summed E-state index contributed by atoms with van der Waals surface area (Å²) in [6, 6.07) is 17.2. The highest BCUT2D eigenvalue weighted by molar-refractivity contribution is 6.00. The van der Waals surface area contributed by atoms with E-state index in [0.29, 0.717) is 84.6 Å². The number of imidazole rings is 1. The van der Waals surface area contributed by atoms with Crippen molar-refractivity contribution in [3.05, 3.63) is 123 Å². The van der Waals surface area contributed by atoms with Crippen LogP contribution in [0.2, 0.25) is 0 Å². The zero-order chi connectivity index (χ0) is 46.7. The Morgan fingerprint density at radius 3 is 2.43 bits per heavy atom. The first kappa shape index (κ1) is 43.0. The van der Waals surface area contributed by atoms with Gasteiger partial charge in [0.25, 0.3) is 5.91 Å². The lowest BCUT2D eigenvalue weighted by Crippen LogP contribution is -2.49. The normalized spacial score (nSPS) is 23.5. The van der Waals surface area contributed by atoms with Crippen molar-refractivity contribution in [2.75, 3.05) is 26.9 Å². The van der Waals surface area contributed by atoms with Crippen LogP contribution in [0.1, 0.15) is 97.4 Å². The van der Waals surface area contributed by atoms with Gasteiger partial charge in [-0.25, -0.2) is 18.7 Å². The van der Waals surface area contributed by atoms with Gasteiger partial charge in [0.15, 0.2) is 0 Å². The summed E-state index contributed by atoms with van der Waals surface area (Å²) in [5, 5.41) is 14.4. The Hall–Kier alpha value is -6.56. The van der Waals surface area contributed by atoms with E-state index in [2.05, 4.69) is 59.4 Å². The molecule has 3 aromatic carbocycles. The standard InChI is InChI=1S/C50H55FN10O6/c1-28-20-37(21-29(2)43(28)51)61-44(58-16-15-57(48(58)64)36-9-11-39-35(23-36)27-52-59(39)17-19-65-7)42-31(4)56(14-12-38(42)54-61)45(62)41-24-34-22-32(33-13-18-66-49(5,6)26-33)8-10-40(34)60(41)50(25-30(50)3)46-53-47(63)67-55-46/h8-11,15-16,20-24,27,30-31,33,46,55H,12-14,17-19,25-26H2,1-7H3,(H,53,63)/t30-,31-,33?,46?,50-/m0/s1. The number of methoxy groups -OCH3 is 1. The van der Waals surface area contributed by atoms with E-state index in [1.807, 2.05) is 40.8 Å². The average Bonchev–Trinajstić information content (AvgIpc) is 3.95. The summed E-state index contributed by atoms with van der Waals surface area (Å²) < 4.78 is 35.4. The van der Waals surface area contributed by atoms with Crippen LogP contribution in [0.5, 0.6) is 0 Å². The molecule has 0 radical (unpaired) electrons. The zero-order valence-corrected chi connectivity index (χ0v) is 38.8. The lowest BCUT2D eigenvalue weighted by atomic mass is 9.83. The minimum atomic E-state index is -0.693. The molecular weight excluding hydrogens is 856 g/mol. The number of nitrogens with one attached hydrogen (secondary N) is 2.